The zero-order chi connectivity index (χ0) is 23.3. The number of benzene rings is 1. The number of H-pyrrole nitrogens is 1. The molecule has 7 nitrogen and oxygen atoms in total. The van der Waals surface area contributed by atoms with E-state index in [4.69, 9.17) is 16.3 Å². The second kappa shape index (κ2) is 10.2. The largest absolute Gasteiger partial charge is 0.461 e. The molecular formula is C24H24ClN3O4. The van der Waals surface area contributed by atoms with Gasteiger partial charge in [0.2, 0.25) is 0 Å². The number of carbonyl (C=O) groups is 3. The number of aryl methyl sites for hydroxylation is 1. The number of halogens is 1. The lowest BCUT2D eigenvalue weighted by Gasteiger charge is -2.23. The molecule has 8 heteroatoms. The molecular weight excluding hydrogens is 430 g/mol. The van der Waals surface area contributed by atoms with E-state index in [0.29, 0.717) is 27.4 Å². The van der Waals surface area contributed by atoms with E-state index in [-0.39, 0.29) is 37.1 Å². The first-order chi connectivity index (χ1) is 15.3. The molecule has 2 heterocycles. The zero-order valence-electron chi connectivity index (χ0n) is 18.1. The summed E-state index contributed by atoms with van der Waals surface area (Å²) in [5.74, 6) is -1.19. The molecule has 0 aliphatic rings. The van der Waals surface area contributed by atoms with Gasteiger partial charge in [0, 0.05) is 30.2 Å². The van der Waals surface area contributed by atoms with Crippen molar-refractivity contribution in [2.75, 3.05) is 13.2 Å². The molecule has 0 bridgehead atoms. The highest BCUT2D eigenvalue weighted by Gasteiger charge is 2.27. The summed E-state index contributed by atoms with van der Waals surface area (Å²) in [5, 5.41) is 0.305. The summed E-state index contributed by atoms with van der Waals surface area (Å²) in [7, 11) is 0. The SMILES string of the molecule is CCOC(=O)c1[nH]c(C)c(C(=O)CN(Cc2cccnc2)C(=O)c2ccccc2Cl)c1C. The van der Waals surface area contributed by atoms with Gasteiger partial charge in [-0.2, -0.15) is 0 Å². The van der Waals surface area contributed by atoms with Gasteiger partial charge in [0.05, 0.1) is 23.7 Å². The Morgan fingerprint density at radius 3 is 2.53 bits per heavy atom. The van der Waals surface area contributed by atoms with Crippen LogP contribution in [0.25, 0.3) is 0 Å². The van der Waals surface area contributed by atoms with Gasteiger partial charge in [-0.15, -0.1) is 0 Å². The second-order valence-electron chi connectivity index (χ2n) is 7.27. The quantitative estimate of drug-likeness (QED) is 0.403. The summed E-state index contributed by atoms with van der Waals surface area (Å²) in [4.78, 5) is 47.2. The molecule has 0 saturated heterocycles. The van der Waals surface area contributed by atoms with Gasteiger partial charge in [-0.25, -0.2) is 4.79 Å². The van der Waals surface area contributed by atoms with E-state index in [9.17, 15) is 14.4 Å². The normalized spacial score (nSPS) is 10.6. The Labute approximate surface area is 191 Å². The summed E-state index contributed by atoms with van der Waals surface area (Å²) >= 11 is 6.24. The zero-order valence-corrected chi connectivity index (χ0v) is 18.9. The number of ketones is 1. The third-order valence-electron chi connectivity index (χ3n) is 5.02. The minimum atomic E-state index is -0.522. The number of amides is 1. The molecule has 1 amide bonds. The van der Waals surface area contributed by atoms with E-state index in [0.717, 1.165) is 5.56 Å². The Kier molecular flexibility index (Phi) is 7.43. The number of nitrogens with one attached hydrogen (secondary N) is 1. The van der Waals surface area contributed by atoms with Crippen molar-refractivity contribution in [3.05, 3.63) is 87.5 Å². The number of aromatic amines is 1. The molecule has 3 rings (SSSR count). The van der Waals surface area contributed by atoms with Crippen LogP contribution in [0.5, 0.6) is 0 Å². The highest BCUT2D eigenvalue weighted by molar-refractivity contribution is 6.33. The fraction of sp³-hybridized carbons (Fsp3) is 0.250. The maximum absolute atomic E-state index is 13.3. The van der Waals surface area contributed by atoms with Crippen LogP contribution in [-0.4, -0.2) is 45.7 Å². The average molecular weight is 454 g/mol. The average Bonchev–Trinajstić information content (AvgIpc) is 3.08. The van der Waals surface area contributed by atoms with E-state index < -0.39 is 5.97 Å². The van der Waals surface area contributed by atoms with Gasteiger partial charge in [-0.3, -0.25) is 14.6 Å². The molecule has 0 atom stereocenters. The summed E-state index contributed by atoms with van der Waals surface area (Å²) in [6, 6.07) is 10.3. The van der Waals surface area contributed by atoms with Crippen LogP contribution >= 0.6 is 11.6 Å². The van der Waals surface area contributed by atoms with Gasteiger partial charge >= 0.3 is 5.97 Å². The molecule has 0 aliphatic carbocycles. The van der Waals surface area contributed by atoms with Crippen LogP contribution in [-0.2, 0) is 11.3 Å². The number of ether oxygens (including phenoxy) is 1. The van der Waals surface area contributed by atoms with Crippen LogP contribution in [0.2, 0.25) is 5.02 Å². The predicted molar refractivity (Wildman–Crippen MR) is 121 cm³/mol. The van der Waals surface area contributed by atoms with Crippen LogP contribution in [0, 0.1) is 13.8 Å². The Morgan fingerprint density at radius 2 is 1.88 bits per heavy atom. The summed E-state index contributed by atoms with van der Waals surface area (Å²) in [5.41, 5.74) is 2.73. The van der Waals surface area contributed by atoms with Crippen molar-refractivity contribution in [3.63, 3.8) is 0 Å². The first kappa shape index (κ1) is 23.2. The minimum absolute atomic E-state index is 0.177. The fourth-order valence-corrected chi connectivity index (χ4v) is 3.76. The molecule has 32 heavy (non-hydrogen) atoms. The Bertz CT molecular complexity index is 1140. The van der Waals surface area contributed by atoms with Crippen molar-refractivity contribution < 1.29 is 19.1 Å². The molecule has 166 valence electrons. The summed E-state index contributed by atoms with van der Waals surface area (Å²) in [6.45, 7) is 5.32. The Balaban J connectivity index is 1.93. The number of carbonyl (C=O) groups excluding carboxylic acids is 3. The van der Waals surface area contributed by atoms with E-state index >= 15 is 0 Å². The molecule has 0 aliphatic heterocycles. The number of hydrogen-bond donors (Lipinski definition) is 1. The topological polar surface area (TPSA) is 92.4 Å². The van der Waals surface area contributed by atoms with Crippen LogP contribution in [0.1, 0.15) is 54.9 Å². The van der Waals surface area contributed by atoms with E-state index in [1.54, 1.807) is 63.5 Å². The highest BCUT2D eigenvalue weighted by Crippen LogP contribution is 2.22. The summed E-state index contributed by atoms with van der Waals surface area (Å²) < 4.78 is 5.06. The lowest BCUT2D eigenvalue weighted by Crippen LogP contribution is -2.35. The second-order valence-corrected chi connectivity index (χ2v) is 7.68. The first-order valence-electron chi connectivity index (χ1n) is 10.2. The molecule has 0 spiro atoms. The molecule has 0 radical (unpaired) electrons. The van der Waals surface area contributed by atoms with Crippen molar-refractivity contribution in [2.45, 2.75) is 27.3 Å². The molecule has 3 aromatic rings. The van der Waals surface area contributed by atoms with Crippen LogP contribution in [0.3, 0.4) is 0 Å². The third-order valence-corrected chi connectivity index (χ3v) is 5.35. The third kappa shape index (κ3) is 5.06. The lowest BCUT2D eigenvalue weighted by atomic mass is 10.0. The monoisotopic (exact) mass is 453 g/mol. The number of pyridine rings is 1. The van der Waals surface area contributed by atoms with Gasteiger partial charge in [-0.1, -0.05) is 29.8 Å². The summed E-state index contributed by atoms with van der Waals surface area (Å²) in [6.07, 6.45) is 3.28. The van der Waals surface area contributed by atoms with Crippen molar-refractivity contribution in [1.82, 2.24) is 14.9 Å². The van der Waals surface area contributed by atoms with Crippen LogP contribution < -0.4 is 0 Å². The number of aromatic nitrogens is 2. The molecule has 1 N–H and O–H groups in total. The fourth-order valence-electron chi connectivity index (χ4n) is 3.54. The van der Waals surface area contributed by atoms with Crippen molar-refractivity contribution in [3.8, 4) is 0 Å². The smallest absolute Gasteiger partial charge is 0.355 e. The maximum atomic E-state index is 13.3. The standard InChI is InChI=1S/C24H24ClN3O4/c1-4-32-24(31)22-15(2)21(16(3)27-22)20(29)14-28(13-17-8-7-11-26-12-17)23(30)18-9-5-6-10-19(18)25/h5-12,27H,4,13-14H2,1-3H3. The van der Waals surface area contributed by atoms with E-state index in [1.807, 2.05) is 6.07 Å². The number of rotatable bonds is 8. The number of esters is 1. The van der Waals surface area contributed by atoms with Gasteiger partial charge < -0.3 is 14.6 Å². The van der Waals surface area contributed by atoms with E-state index in [2.05, 4.69) is 9.97 Å². The van der Waals surface area contributed by atoms with Crippen LogP contribution in [0.15, 0.2) is 48.8 Å². The molecule has 0 fully saturated rings. The minimum Gasteiger partial charge on any atom is -0.461 e. The maximum Gasteiger partial charge on any atom is 0.355 e. The van der Waals surface area contributed by atoms with Gasteiger partial charge in [0.25, 0.3) is 5.91 Å². The number of Topliss-reactive ketones (excluding diaryl/α,β-unsaturated/α-hetero) is 1. The lowest BCUT2D eigenvalue weighted by molar-refractivity contribution is 0.0519. The molecule has 0 saturated carbocycles. The van der Waals surface area contributed by atoms with Crippen molar-refractivity contribution in [1.29, 1.82) is 0 Å². The molecule has 1 aromatic carbocycles. The molecule has 2 aromatic heterocycles. The number of hydrogen-bond acceptors (Lipinski definition) is 5. The van der Waals surface area contributed by atoms with Gasteiger partial charge in [-0.05, 0) is 50.1 Å². The first-order valence-corrected chi connectivity index (χ1v) is 10.5. The van der Waals surface area contributed by atoms with Crippen molar-refractivity contribution in [2.24, 2.45) is 0 Å². The van der Waals surface area contributed by atoms with Gasteiger partial charge in [0.1, 0.15) is 5.69 Å². The Hall–Kier alpha value is -3.45. The predicted octanol–water partition coefficient (Wildman–Crippen LogP) is 4.38. The van der Waals surface area contributed by atoms with E-state index in [1.165, 1.54) is 4.90 Å². The highest BCUT2D eigenvalue weighted by atomic mass is 35.5. The number of nitrogens with zero attached hydrogens (tertiary/aromatic N) is 2. The van der Waals surface area contributed by atoms with Gasteiger partial charge in [0.15, 0.2) is 5.78 Å². The van der Waals surface area contributed by atoms with Crippen LogP contribution in [0.4, 0.5) is 0 Å². The molecule has 0 unspecified atom stereocenters. The van der Waals surface area contributed by atoms with Crippen molar-refractivity contribution >= 4 is 29.3 Å². The Morgan fingerprint density at radius 1 is 1.12 bits per heavy atom.